The summed E-state index contributed by atoms with van der Waals surface area (Å²) < 4.78 is 52.4. The Hall–Kier alpha value is -1.09. The van der Waals surface area contributed by atoms with Gasteiger partial charge < -0.3 is 14.9 Å². The van der Waals surface area contributed by atoms with E-state index in [0.29, 0.717) is 6.61 Å². The number of aliphatic hydroxyl groups is 2. The number of nitrogens with one attached hydrogen (secondary N) is 1. The Balaban J connectivity index is 0.000000864. The summed E-state index contributed by atoms with van der Waals surface area (Å²) in [6.45, 7) is 4.40. The number of unbranched alkanes of at least 4 members (excludes halogenated alkanes) is 12. The van der Waals surface area contributed by atoms with Crippen molar-refractivity contribution < 1.29 is 32.5 Å². The van der Waals surface area contributed by atoms with Crippen LogP contribution in [0.25, 0.3) is 0 Å². The molecule has 8 nitrogen and oxygen atoms in total. The number of hydrogen-bond acceptors (Lipinski definition) is 7. The molecule has 0 amide bonds. The van der Waals surface area contributed by atoms with E-state index >= 15 is 0 Å². The van der Waals surface area contributed by atoms with Gasteiger partial charge in [-0.3, -0.25) is 0 Å². The minimum Gasteiger partial charge on any atom is -0.395 e. The van der Waals surface area contributed by atoms with E-state index in [-0.39, 0.29) is 25.0 Å². The predicted molar refractivity (Wildman–Crippen MR) is 159 cm³/mol. The normalized spacial score (nSPS) is 12.9. The highest BCUT2D eigenvalue weighted by Gasteiger charge is 2.16. The molecule has 0 aliphatic heterocycles. The SMILES string of the molecule is CCCCCCCCCCCCS(=O)(=O)NC(CO)CCCCCC.O=P(=O)C(O)COCc1ccccc1. The zero-order valence-corrected chi connectivity index (χ0v) is 26.0. The summed E-state index contributed by atoms with van der Waals surface area (Å²) in [5.74, 6) is -1.22. The van der Waals surface area contributed by atoms with Gasteiger partial charge in [-0.25, -0.2) is 22.3 Å². The summed E-state index contributed by atoms with van der Waals surface area (Å²) in [6, 6.07) is 9.02. The molecule has 3 N–H and O–H groups in total. The number of hydrogen-bond donors (Lipinski definition) is 3. The van der Waals surface area contributed by atoms with Crippen molar-refractivity contribution in [1.29, 1.82) is 0 Å². The van der Waals surface area contributed by atoms with Crippen LogP contribution in [-0.2, 0) is 30.5 Å². The first-order valence-corrected chi connectivity index (χ1v) is 17.7. The minimum absolute atomic E-state index is 0.108. The average molecular weight is 592 g/mol. The van der Waals surface area contributed by atoms with Crippen LogP contribution in [-0.4, -0.2) is 49.5 Å². The molecular weight excluding hydrogens is 537 g/mol. The van der Waals surface area contributed by atoms with Gasteiger partial charge in [-0.15, -0.1) is 0 Å². The molecule has 2 unspecified atom stereocenters. The molecule has 0 saturated carbocycles. The first kappa shape index (κ1) is 37.9. The second kappa shape index (κ2) is 25.8. The molecule has 0 aliphatic rings. The fourth-order valence-corrected chi connectivity index (χ4v) is 5.64. The summed E-state index contributed by atoms with van der Waals surface area (Å²) in [5.41, 5.74) is 0.945. The van der Waals surface area contributed by atoms with E-state index in [1.807, 2.05) is 30.3 Å². The minimum atomic E-state index is -3.25. The second-order valence-electron chi connectivity index (χ2n) is 10.1. The van der Waals surface area contributed by atoms with Gasteiger partial charge in [0.1, 0.15) is 0 Å². The van der Waals surface area contributed by atoms with Gasteiger partial charge in [0.25, 0.3) is 0 Å². The smallest absolute Gasteiger partial charge is 0.347 e. The highest BCUT2D eigenvalue weighted by Crippen LogP contribution is 2.13. The summed E-state index contributed by atoms with van der Waals surface area (Å²) in [7, 11) is -6.06. The van der Waals surface area contributed by atoms with Gasteiger partial charge in [-0.1, -0.05) is 128 Å². The molecule has 39 heavy (non-hydrogen) atoms. The van der Waals surface area contributed by atoms with Gasteiger partial charge in [0, 0.05) is 6.04 Å². The molecule has 0 spiro atoms. The summed E-state index contributed by atoms with van der Waals surface area (Å²) >= 11 is 0. The fourth-order valence-electron chi connectivity index (χ4n) is 4.01. The molecule has 1 aromatic carbocycles. The van der Waals surface area contributed by atoms with Crippen molar-refractivity contribution in [3.8, 4) is 0 Å². The van der Waals surface area contributed by atoms with Crippen LogP contribution in [0, 0.1) is 0 Å². The first-order chi connectivity index (χ1) is 18.8. The van der Waals surface area contributed by atoms with Crippen molar-refractivity contribution in [2.45, 2.75) is 129 Å². The third kappa shape index (κ3) is 24.4. The molecule has 0 heterocycles. The maximum Gasteiger partial charge on any atom is 0.347 e. The predicted octanol–water partition coefficient (Wildman–Crippen LogP) is 6.85. The largest absolute Gasteiger partial charge is 0.395 e. The maximum atomic E-state index is 12.1. The molecule has 1 aromatic rings. The standard InChI is InChI=1S/C20H43NO3S.C9H11O4P/c1-3-5-7-9-10-11-12-13-14-16-18-25(23,24)21-20(19-22)17-15-8-6-4-2;10-9(14(11)12)7-13-6-8-4-2-1-3-5-8/h20-22H,3-19H2,1-2H3;1-5,9-10H,6-7H2. The molecule has 1 rings (SSSR count). The highest BCUT2D eigenvalue weighted by atomic mass is 32.2. The number of aliphatic hydroxyl groups excluding tert-OH is 2. The van der Waals surface area contributed by atoms with Gasteiger partial charge in [0.2, 0.25) is 10.0 Å². The maximum absolute atomic E-state index is 12.1. The lowest BCUT2D eigenvalue weighted by atomic mass is 10.1. The van der Waals surface area contributed by atoms with E-state index < -0.39 is 23.5 Å². The van der Waals surface area contributed by atoms with Crippen LogP contribution in [0.4, 0.5) is 0 Å². The molecule has 228 valence electrons. The van der Waals surface area contributed by atoms with Crippen molar-refractivity contribution in [1.82, 2.24) is 4.72 Å². The lowest BCUT2D eigenvalue weighted by molar-refractivity contribution is 0.0626. The van der Waals surface area contributed by atoms with Crippen molar-refractivity contribution in [3.05, 3.63) is 35.9 Å². The molecule has 0 fully saturated rings. The van der Waals surface area contributed by atoms with Gasteiger partial charge in [0.05, 0.1) is 25.6 Å². The van der Waals surface area contributed by atoms with Crippen molar-refractivity contribution in [2.24, 2.45) is 0 Å². The molecule has 0 bridgehead atoms. The zero-order chi connectivity index (χ0) is 29.2. The van der Waals surface area contributed by atoms with Crippen LogP contribution in [0.5, 0.6) is 0 Å². The van der Waals surface area contributed by atoms with Gasteiger partial charge >= 0.3 is 7.68 Å². The van der Waals surface area contributed by atoms with Gasteiger partial charge in [-0.05, 0) is 18.4 Å². The third-order valence-corrected chi connectivity index (χ3v) is 8.52. The Labute approximate surface area is 238 Å². The second-order valence-corrected chi connectivity index (χ2v) is 13.2. The molecular formula is C29H54NO7PS. The molecule has 0 aromatic heterocycles. The van der Waals surface area contributed by atoms with E-state index in [1.165, 1.54) is 51.4 Å². The molecule has 2 atom stereocenters. The quantitative estimate of drug-likeness (QED) is 0.0885. The Morgan fingerprint density at radius 1 is 0.821 bits per heavy atom. The third-order valence-electron chi connectivity index (χ3n) is 6.36. The van der Waals surface area contributed by atoms with Crippen molar-refractivity contribution in [3.63, 3.8) is 0 Å². The first-order valence-electron chi connectivity index (χ1n) is 14.8. The topological polar surface area (TPSA) is 130 Å². The van der Waals surface area contributed by atoms with E-state index in [4.69, 9.17) is 9.84 Å². The zero-order valence-electron chi connectivity index (χ0n) is 24.3. The fraction of sp³-hybridized carbons (Fsp3) is 0.793. The molecule has 0 aliphatic carbocycles. The van der Waals surface area contributed by atoms with Crippen LogP contribution < -0.4 is 4.72 Å². The van der Waals surface area contributed by atoms with Crippen molar-refractivity contribution in [2.75, 3.05) is 19.0 Å². The molecule has 0 saturated heterocycles. The number of rotatable bonds is 24. The monoisotopic (exact) mass is 591 g/mol. The lowest BCUT2D eigenvalue weighted by Gasteiger charge is -2.16. The molecule has 0 radical (unpaired) electrons. The van der Waals surface area contributed by atoms with E-state index in [0.717, 1.165) is 50.5 Å². The number of ether oxygens (including phenoxy) is 1. The van der Waals surface area contributed by atoms with E-state index in [1.54, 1.807) is 0 Å². The number of sulfonamides is 1. The summed E-state index contributed by atoms with van der Waals surface area (Å²) in [4.78, 5) is 0. The van der Waals surface area contributed by atoms with Crippen molar-refractivity contribution >= 4 is 17.7 Å². The van der Waals surface area contributed by atoms with Crippen LogP contribution in [0.3, 0.4) is 0 Å². The average Bonchev–Trinajstić information content (AvgIpc) is 2.92. The van der Waals surface area contributed by atoms with Crippen LogP contribution >= 0.6 is 7.68 Å². The Morgan fingerprint density at radius 2 is 1.33 bits per heavy atom. The summed E-state index contributed by atoms with van der Waals surface area (Å²) in [5, 5.41) is 18.2. The van der Waals surface area contributed by atoms with E-state index in [9.17, 15) is 22.7 Å². The van der Waals surface area contributed by atoms with Gasteiger partial charge in [0.15, 0.2) is 5.85 Å². The Bertz CT molecular complexity index is 842. The van der Waals surface area contributed by atoms with Crippen LogP contribution in [0.15, 0.2) is 30.3 Å². The van der Waals surface area contributed by atoms with E-state index in [2.05, 4.69) is 18.6 Å². The summed E-state index contributed by atoms with van der Waals surface area (Å²) in [6.07, 6.45) is 17.1. The van der Waals surface area contributed by atoms with Crippen LogP contribution in [0.2, 0.25) is 0 Å². The lowest BCUT2D eigenvalue weighted by Crippen LogP contribution is -2.38. The Morgan fingerprint density at radius 3 is 1.85 bits per heavy atom. The Kier molecular flexibility index (Phi) is 25.1. The number of benzene rings is 1. The van der Waals surface area contributed by atoms with Gasteiger partial charge in [-0.2, -0.15) is 0 Å². The highest BCUT2D eigenvalue weighted by molar-refractivity contribution is 7.89. The van der Waals surface area contributed by atoms with Crippen LogP contribution in [0.1, 0.15) is 116 Å². The molecule has 10 heteroatoms.